The Balaban J connectivity index is 1.42. The lowest BCUT2D eigenvalue weighted by atomic mass is 10.1. The van der Waals surface area contributed by atoms with Crippen molar-refractivity contribution in [3.05, 3.63) is 46.9 Å². The Bertz CT molecular complexity index is 1010. The number of nitrogens with zero attached hydrogens (tertiary/aromatic N) is 6. The van der Waals surface area contributed by atoms with Crippen molar-refractivity contribution in [2.24, 2.45) is 0 Å². The molecule has 1 fully saturated rings. The van der Waals surface area contributed by atoms with Gasteiger partial charge in [-0.15, -0.1) is 5.10 Å². The summed E-state index contributed by atoms with van der Waals surface area (Å²) in [7, 11) is 0. The van der Waals surface area contributed by atoms with Crippen LogP contribution in [0.4, 0.5) is 6.01 Å². The molecule has 0 unspecified atom stereocenters. The number of benzene rings is 1. The lowest BCUT2D eigenvalue weighted by Crippen LogP contribution is -2.49. The first-order valence-electron chi connectivity index (χ1n) is 9.69. The van der Waals surface area contributed by atoms with Gasteiger partial charge < -0.3 is 14.2 Å². The summed E-state index contributed by atoms with van der Waals surface area (Å²) in [5.41, 5.74) is 2.80. The van der Waals surface area contributed by atoms with Crippen LogP contribution in [-0.4, -0.2) is 57.0 Å². The first-order valence-corrected chi connectivity index (χ1v) is 10.1. The maximum Gasteiger partial charge on any atom is 0.318 e. The number of anilines is 1. The number of amides is 1. The van der Waals surface area contributed by atoms with Gasteiger partial charge >= 0.3 is 6.01 Å². The van der Waals surface area contributed by atoms with Crippen molar-refractivity contribution >= 4 is 23.5 Å². The van der Waals surface area contributed by atoms with Gasteiger partial charge in [-0.1, -0.05) is 35.8 Å². The molecule has 8 nitrogen and oxygen atoms in total. The zero-order chi connectivity index (χ0) is 20.4. The average Bonchev–Trinajstić information content (AvgIpc) is 3.34. The Morgan fingerprint density at radius 1 is 1.17 bits per heavy atom. The first kappa shape index (κ1) is 19.4. The van der Waals surface area contributed by atoms with E-state index < -0.39 is 0 Å². The molecule has 1 saturated heterocycles. The number of rotatable bonds is 5. The molecule has 0 bridgehead atoms. The molecule has 1 aliphatic rings. The summed E-state index contributed by atoms with van der Waals surface area (Å²) in [4.78, 5) is 16.7. The highest BCUT2D eigenvalue weighted by molar-refractivity contribution is 6.30. The lowest BCUT2D eigenvalue weighted by Gasteiger charge is -2.33. The van der Waals surface area contributed by atoms with Crippen LogP contribution in [0.2, 0.25) is 5.02 Å². The van der Waals surface area contributed by atoms with Crippen LogP contribution in [0.5, 0.6) is 0 Å². The molecular formula is C20H23ClN6O2. The Kier molecular flexibility index (Phi) is 5.53. The molecule has 2 aromatic heterocycles. The fourth-order valence-corrected chi connectivity index (χ4v) is 3.65. The second-order valence-electron chi connectivity index (χ2n) is 7.01. The quantitative estimate of drug-likeness (QED) is 0.638. The zero-order valence-electron chi connectivity index (χ0n) is 16.5. The molecule has 0 aliphatic carbocycles. The summed E-state index contributed by atoms with van der Waals surface area (Å²) < 4.78 is 7.27. The molecule has 9 heteroatoms. The molecule has 1 amide bonds. The predicted octanol–water partition coefficient (Wildman–Crippen LogP) is 2.81. The number of aryl methyl sites for hydroxylation is 2. The third-order valence-electron chi connectivity index (χ3n) is 5.05. The van der Waals surface area contributed by atoms with E-state index in [4.69, 9.17) is 16.0 Å². The van der Waals surface area contributed by atoms with Crippen LogP contribution in [0.15, 0.2) is 34.7 Å². The highest BCUT2D eigenvalue weighted by atomic mass is 35.5. The van der Waals surface area contributed by atoms with Crippen LogP contribution < -0.4 is 4.90 Å². The molecular weight excluding hydrogens is 392 g/mol. The van der Waals surface area contributed by atoms with Crippen LogP contribution in [0.3, 0.4) is 0 Å². The van der Waals surface area contributed by atoms with Gasteiger partial charge in [0, 0.05) is 49.4 Å². The van der Waals surface area contributed by atoms with Crippen LogP contribution in [0.1, 0.15) is 18.5 Å². The van der Waals surface area contributed by atoms with E-state index in [1.807, 2.05) is 40.1 Å². The fourth-order valence-electron chi connectivity index (χ4n) is 3.45. The molecule has 0 radical (unpaired) electrons. The maximum absolute atomic E-state index is 12.9. The highest BCUT2D eigenvalue weighted by Gasteiger charge is 2.24. The predicted molar refractivity (Wildman–Crippen MR) is 110 cm³/mol. The van der Waals surface area contributed by atoms with Crippen molar-refractivity contribution in [1.29, 1.82) is 0 Å². The number of hydrogen-bond donors (Lipinski definition) is 0. The minimum Gasteiger partial charge on any atom is -0.408 e. The van der Waals surface area contributed by atoms with Crippen LogP contribution in [0, 0.1) is 6.92 Å². The summed E-state index contributed by atoms with van der Waals surface area (Å²) in [6.45, 7) is 6.62. The normalized spacial score (nSPS) is 14.4. The van der Waals surface area contributed by atoms with Gasteiger partial charge in [-0.2, -0.15) is 5.10 Å². The number of carbonyl (C=O) groups excluding carboxylic acids is 1. The Morgan fingerprint density at radius 3 is 2.62 bits per heavy atom. The van der Waals surface area contributed by atoms with E-state index >= 15 is 0 Å². The molecule has 1 aliphatic heterocycles. The summed E-state index contributed by atoms with van der Waals surface area (Å²) in [5, 5.41) is 13.2. The van der Waals surface area contributed by atoms with Crippen LogP contribution in [-0.2, 0) is 17.8 Å². The second kappa shape index (κ2) is 8.24. The summed E-state index contributed by atoms with van der Waals surface area (Å²) in [6.07, 6.45) is 0.797. The van der Waals surface area contributed by atoms with Gasteiger partial charge in [-0.3, -0.25) is 9.48 Å². The molecule has 3 aromatic rings. The highest BCUT2D eigenvalue weighted by Crippen LogP contribution is 2.23. The Labute approximate surface area is 174 Å². The standard InChI is InChI=1S/C20H23ClN6O2/c1-3-17-12-18(15-5-4-6-16(21)11-15)24-27(17)13-19(28)25-7-9-26(10-8-25)20-23-22-14(2)29-20/h4-6,11-12H,3,7-10,13H2,1-2H3. The molecule has 152 valence electrons. The van der Waals surface area contributed by atoms with Crippen molar-refractivity contribution in [2.75, 3.05) is 31.1 Å². The van der Waals surface area contributed by atoms with Crippen molar-refractivity contribution < 1.29 is 9.21 Å². The summed E-state index contributed by atoms with van der Waals surface area (Å²) in [6, 6.07) is 10.1. The number of halogens is 1. The number of hydrogen-bond acceptors (Lipinski definition) is 6. The van der Waals surface area contributed by atoms with E-state index in [-0.39, 0.29) is 12.5 Å². The molecule has 0 saturated carbocycles. The largest absolute Gasteiger partial charge is 0.408 e. The second-order valence-corrected chi connectivity index (χ2v) is 7.45. The Hall–Kier alpha value is -2.87. The molecule has 0 atom stereocenters. The van der Waals surface area contributed by atoms with Gasteiger partial charge in [0.25, 0.3) is 0 Å². The maximum atomic E-state index is 12.9. The number of carbonyl (C=O) groups is 1. The molecule has 4 rings (SSSR count). The van der Waals surface area contributed by atoms with E-state index in [1.54, 1.807) is 11.6 Å². The van der Waals surface area contributed by atoms with Crippen LogP contribution >= 0.6 is 11.6 Å². The van der Waals surface area contributed by atoms with Crippen molar-refractivity contribution in [3.63, 3.8) is 0 Å². The van der Waals surface area contributed by atoms with Gasteiger partial charge in [-0.05, 0) is 24.6 Å². The van der Waals surface area contributed by atoms with Gasteiger partial charge in [0.2, 0.25) is 11.8 Å². The van der Waals surface area contributed by atoms with E-state index in [9.17, 15) is 4.79 Å². The van der Waals surface area contributed by atoms with Gasteiger partial charge in [0.05, 0.1) is 5.69 Å². The number of aromatic nitrogens is 4. The van der Waals surface area contributed by atoms with Crippen LogP contribution in [0.25, 0.3) is 11.3 Å². The average molecular weight is 415 g/mol. The zero-order valence-corrected chi connectivity index (χ0v) is 17.3. The molecule has 0 N–H and O–H groups in total. The molecule has 3 heterocycles. The number of piperazine rings is 1. The molecule has 1 aromatic carbocycles. The van der Waals surface area contributed by atoms with E-state index in [2.05, 4.69) is 22.2 Å². The molecule has 0 spiro atoms. The third-order valence-corrected chi connectivity index (χ3v) is 5.28. The Morgan fingerprint density at radius 2 is 1.97 bits per heavy atom. The minimum atomic E-state index is 0.0572. The van der Waals surface area contributed by atoms with E-state index in [1.165, 1.54) is 0 Å². The topological polar surface area (TPSA) is 80.3 Å². The SMILES string of the molecule is CCc1cc(-c2cccc(Cl)c2)nn1CC(=O)N1CCN(c2nnc(C)o2)CC1. The summed E-state index contributed by atoms with van der Waals surface area (Å²) in [5.74, 6) is 0.599. The summed E-state index contributed by atoms with van der Waals surface area (Å²) >= 11 is 6.10. The minimum absolute atomic E-state index is 0.0572. The van der Waals surface area contributed by atoms with E-state index in [0.29, 0.717) is 43.1 Å². The smallest absolute Gasteiger partial charge is 0.318 e. The first-order chi connectivity index (χ1) is 14.0. The fraction of sp³-hybridized carbons (Fsp3) is 0.400. The van der Waals surface area contributed by atoms with Gasteiger partial charge in [0.1, 0.15) is 6.54 Å². The monoisotopic (exact) mass is 414 g/mol. The van der Waals surface area contributed by atoms with Gasteiger partial charge in [-0.25, -0.2) is 0 Å². The van der Waals surface area contributed by atoms with Crippen molar-refractivity contribution in [1.82, 2.24) is 24.9 Å². The lowest BCUT2D eigenvalue weighted by molar-refractivity contribution is -0.132. The molecule has 29 heavy (non-hydrogen) atoms. The van der Waals surface area contributed by atoms with Gasteiger partial charge in [0.15, 0.2) is 0 Å². The van der Waals surface area contributed by atoms with Crippen molar-refractivity contribution in [3.8, 4) is 11.3 Å². The van der Waals surface area contributed by atoms with E-state index in [0.717, 1.165) is 23.4 Å². The van der Waals surface area contributed by atoms with Crippen molar-refractivity contribution in [2.45, 2.75) is 26.8 Å². The third kappa shape index (κ3) is 4.27.